The standard InChI is InChI=1S/C8H8ClFO/c1-11-7-2-3-8(10)6(4-7)5-9/h2-4H,5H2,1H3. The molecule has 0 radical (unpaired) electrons. The van der Waals surface area contributed by atoms with Crippen molar-refractivity contribution in [2.45, 2.75) is 5.88 Å². The lowest BCUT2D eigenvalue weighted by molar-refractivity contribution is 0.413. The first-order valence-corrected chi connectivity index (χ1v) is 3.69. The van der Waals surface area contributed by atoms with Crippen molar-refractivity contribution < 1.29 is 9.13 Å². The van der Waals surface area contributed by atoms with Crippen LogP contribution in [0, 0.1) is 5.82 Å². The van der Waals surface area contributed by atoms with Crippen LogP contribution in [-0.4, -0.2) is 7.11 Å². The van der Waals surface area contributed by atoms with E-state index in [0.717, 1.165) is 0 Å². The van der Waals surface area contributed by atoms with Gasteiger partial charge in [0.2, 0.25) is 0 Å². The van der Waals surface area contributed by atoms with Crippen LogP contribution in [0.25, 0.3) is 0 Å². The van der Waals surface area contributed by atoms with Crippen LogP contribution in [0.15, 0.2) is 18.2 Å². The molecule has 0 saturated heterocycles. The fraction of sp³-hybridized carbons (Fsp3) is 0.250. The predicted octanol–water partition coefficient (Wildman–Crippen LogP) is 2.57. The first-order chi connectivity index (χ1) is 5.27. The molecule has 0 aliphatic heterocycles. The Bertz CT molecular complexity index is 250. The summed E-state index contributed by atoms with van der Waals surface area (Å²) in [6.45, 7) is 0. The van der Waals surface area contributed by atoms with E-state index >= 15 is 0 Å². The number of alkyl halides is 1. The first kappa shape index (κ1) is 8.34. The number of hydrogen-bond acceptors (Lipinski definition) is 1. The van der Waals surface area contributed by atoms with E-state index in [0.29, 0.717) is 11.3 Å². The van der Waals surface area contributed by atoms with Gasteiger partial charge in [-0.05, 0) is 18.2 Å². The number of hydrogen-bond donors (Lipinski definition) is 0. The van der Waals surface area contributed by atoms with Crippen molar-refractivity contribution in [3.8, 4) is 5.75 Å². The highest BCUT2D eigenvalue weighted by molar-refractivity contribution is 6.17. The maximum Gasteiger partial charge on any atom is 0.127 e. The largest absolute Gasteiger partial charge is 0.497 e. The van der Waals surface area contributed by atoms with Gasteiger partial charge in [0.1, 0.15) is 11.6 Å². The molecule has 0 unspecified atom stereocenters. The van der Waals surface area contributed by atoms with Gasteiger partial charge in [-0.3, -0.25) is 0 Å². The van der Waals surface area contributed by atoms with E-state index in [2.05, 4.69) is 0 Å². The summed E-state index contributed by atoms with van der Waals surface area (Å²) in [7, 11) is 1.53. The average molecular weight is 175 g/mol. The normalized spacial score (nSPS) is 9.73. The molecule has 0 aliphatic rings. The highest BCUT2D eigenvalue weighted by Crippen LogP contribution is 2.17. The predicted molar refractivity (Wildman–Crippen MR) is 42.5 cm³/mol. The molecule has 0 aromatic heterocycles. The lowest BCUT2D eigenvalue weighted by Crippen LogP contribution is -1.88. The fourth-order valence-corrected chi connectivity index (χ4v) is 0.985. The summed E-state index contributed by atoms with van der Waals surface area (Å²) < 4.78 is 17.7. The Labute approximate surface area is 69.7 Å². The van der Waals surface area contributed by atoms with Gasteiger partial charge in [-0.2, -0.15) is 0 Å². The van der Waals surface area contributed by atoms with Crippen molar-refractivity contribution in [2.24, 2.45) is 0 Å². The average Bonchev–Trinajstić information content (AvgIpc) is 2.05. The summed E-state index contributed by atoms with van der Waals surface area (Å²) in [6.07, 6.45) is 0. The van der Waals surface area contributed by atoms with Crippen molar-refractivity contribution in [1.29, 1.82) is 0 Å². The van der Waals surface area contributed by atoms with Crippen LogP contribution in [0.5, 0.6) is 5.75 Å². The topological polar surface area (TPSA) is 9.23 Å². The van der Waals surface area contributed by atoms with Gasteiger partial charge < -0.3 is 4.74 Å². The zero-order valence-electron chi connectivity index (χ0n) is 6.10. The highest BCUT2D eigenvalue weighted by atomic mass is 35.5. The maximum atomic E-state index is 12.8. The molecular formula is C8H8ClFO. The van der Waals surface area contributed by atoms with E-state index < -0.39 is 0 Å². The van der Waals surface area contributed by atoms with Crippen LogP contribution in [-0.2, 0) is 5.88 Å². The minimum atomic E-state index is -0.291. The van der Waals surface area contributed by atoms with Crippen LogP contribution < -0.4 is 4.74 Å². The second kappa shape index (κ2) is 3.58. The third-order valence-corrected chi connectivity index (χ3v) is 1.68. The van der Waals surface area contributed by atoms with Crippen molar-refractivity contribution in [3.05, 3.63) is 29.6 Å². The van der Waals surface area contributed by atoms with Gasteiger partial charge >= 0.3 is 0 Å². The number of methoxy groups -OCH3 is 1. The Kier molecular flexibility index (Phi) is 2.71. The molecule has 0 heterocycles. The van der Waals surface area contributed by atoms with Crippen LogP contribution in [0.4, 0.5) is 4.39 Å². The van der Waals surface area contributed by atoms with Gasteiger partial charge in [0.25, 0.3) is 0 Å². The van der Waals surface area contributed by atoms with E-state index in [4.69, 9.17) is 16.3 Å². The molecule has 0 N–H and O–H groups in total. The first-order valence-electron chi connectivity index (χ1n) is 3.16. The summed E-state index contributed by atoms with van der Waals surface area (Å²) in [6, 6.07) is 4.49. The lowest BCUT2D eigenvalue weighted by atomic mass is 10.2. The summed E-state index contributed by atoms with van der Waals surface area (Å²) in [5, 5.41) is 0. The van der Waals surface area contributed by atoms with Crippen molar-refractivity contribution in [2.75, 3.05) is 7.11 Å². The van der Waals surface area contributed by atoms with Gasteiger partial charge in [0.05, 0.1) is 13.0 Å². The molecule has 1 aromatic rings. The third-order valence-electron chi connectivity index (χ3n) is 1.40. The van der Waals surface area contributed by atoms with Gasteiger partial charge in [-0.1, -0.05) is 0 Å². The minimum absolute atomic E-state index is 0.170. The minimum Gasteiger partial charge on any atom is -0.497 e. The van der Waals surface area contributed by atoms with E-state index in [-0.39, 0.29) is 11.7 Å². The molecule has 1 aromatic carbocycles. The van der Waals surface area contributed by atoms with Crippen LogP contribution in [0.2, 0.25) is 0 Å². The second-order valence-corrected chi connectivity index (χ2v) is 2.36. The smallest absolute Gasteiger partial charge is 0.127 e. The molecule has 1 rings (SSSR count). The monoisotopic (exact) mass is 174 g/mol. The zero-order chi connectivity index (χ0) is 8.27. The van der Waals surface area contributed by atoms with Crippen molar-refractivity contribution >= 4 is 11.6 Å². The summed E-state index contributed by atoms with van der Waals surface area (Å²) in [5.41, 5.74) is 0.464. The molecule has 0 spiro atoms. The van der Waals surface area contributed by atoms with E-state index in [1.54, 1.807) is 12.1 Å². The molecule has 0 saturated carbocycles. The molecule has 11 heavy (non-hydrogen) atoms. The Morgan fingerprint density at radius 3 is 2.82 bits per heavy atom. The van der Waals surface area contributed by atoms with E-state index in [1.165, 1.54) is 13.2 Å². The zero-order valence-corrected chi connectivity index (χ0v) is 6.86. The van der Waals surface area contributed by atoms with Crippen molar-refractivity contribution in [3.63, 3.8) is 0 Å². The number of halogens is 2. The van der Waals surface area contributed by atoms with E-state index in [9.17, 15) is 4.39 Å². The fourth-order valence-electron chi connectivity index (χ4n) is 0.780. The summed E-state index contributed by atoms with van der Waals surface area (Å²) in [5.74, 6) is 0.506. The Morgan fingerprint density at radius 1 is 1.55 bits per heavy atom. The molecule has 1 nitrogen and oxygen atoms in total. The molecule has 0 fully saturated rings. The Balaban J connectivity index is 3.02. The second-order valence-electron chi connectivity index (χ2n) is 2.09. The summed E-state index contributed by atoms with van der Waals surface area (Å²) >= 11 is 5.47. The molecule has 3 heteroatoms. The van der Waals surface area contributed by atoms with Gasteiger partial charge in [-0.25, -0.2) is 4.39 Å². The van der Waals surface area contributed by atoms with Gasteiger partial charge in [-0.15, -0.1) is 11.6 Å². The van der Waals surface area contributed by atoms with Crippen LogP contribution >= 0.6 is 11.6 Å². The molecule has 0 aliphatic carbocycles. The molecular weight excluding hydrogens is 167 g/mol. The third kappa shape index (κ3) is 1.84. The molecule has 0 amide bonds. The number of rotatable bonds is 2. The van der Waals surface area contributed by atoms with Crippen LogP contribution in [0.3, 0.4) is 0 Å². The Morgan fingerprint density at radius 2 is 2.27 bits per heavy atom. The maximum absolute atomic E-state index is 12.8. The van der Waals surface area contributed by atoms with Crippen LogP contribution in [0.1, 0.15) is 5.56 Å². The quantitative estimate of drug-likeness (QED) is 0.627. The molecule has 60 valence electrons. The van der Waals surface area contributed by atoms with Gasteiger partial charge in [0, 0.05) is 5.56 Å². The Hall–Kier alpha value is -0.760. The SMILES string of the molecule is COc1ccc(F)c(CCl)c1. The molecule has 0 bridgehead atoms. The van der Waals surface area contributed by atoms with Gasteiger partial charge in [0.15, 0.2) is 0 Å². The van der Waals surface area contributed by atoms with Crippen molar-refractivity contribution in [1.82, 2.24) is 0 Å². The summed E-state index contributed by atoms with van der Waals surface area (Å²) in [4.78, 5) is 0. The number of ether oxygens (including phenoxy) is 1. The lowest BCUT2D eigenvalue weighted by Gasteiger charge is -2.01. The number of benzene rings is 1. The molecule has 0 atom stereocenters. The highest BCUT2D eigenvalue weighted by Gasteiger charge is 2.01. The van der Waals surface area contributed by atoms with E-state index in [1.807, 2.05) is 0 Å².